The molecule has 1 fully saturated rings. The van der Waals surface area contributed by atoms with Crippen LogP contribution >= 0.6 is 0 Å². The van der Waals surface area contributed by atoms with Gasteiger partial charge in [0.15, 0.2) is 0 Å². The van der Waals surface area contributed by atoms with Crippen LogP contribution in [0, 0.1) is 10.8 Å². The topological polar surface area (TPSA) is 78.4 Å². The van der Waals surface area contributed by atoms with E-state index in [0.29, 0.717) is 6.54 Å². The Kier molecular flexibility index (Phi) is 4.82. The van der Waals surface area contributed by atoms with Crippen LogP contribution in [0.25, 0.3) is 0 Å². The number of carbonyl (C=O) groups is 2. The lowest BCUT2D eigenvalue weighted by Gasteiger charge is -2.29. The summed E-state index contributed by atoms with van der Waals surface area (Å²) in [7, 11) is 0. The highest BCUT2D eigenvalue weighted by Crippen LogP contribution is 2.36. The van der Waals surface area contributed by atoms with Gasteiger partial charge in [-0.2, -0.15) is 0 Å². The van der Waals surface area contributed by atoms with Gasteiger partial charge in [0.25, 0.3) is 0 Å². The fraction of sp³-hybridized carbons (Fsp3) is 0.857. The van der Waals surface area contributed by atoms with E-state index in [9.17, 15) is 9.59 Å². The Bertz CT molecular complexity index is 341. The molecule has 0 aliphatic heterocycles. The molecule has 0 spiro atoms. The number of amides is 2. The number of rotatable bonds is 4. The first kappa shape index (κ1) is 15.8. The normalized spacial score (nSPS) is 19.8. The van der Waals surface area contributed by atoms with Crippen molar-refractivity contribution in [2.24, 2.45) is 10.8 Å². The van der Waals surface area contributed by atoms with Crippen LogP contribution in [0.4, 0.5) is 4.79 Å². The first-order valence-corrected chi connectivity index (χ1v) is 6.91. The van der Waals surface area contributed by atoms with E-state index in [4.69, 9.17) is 5.11 Å². The van der Waals surface area contributed by atoms with Crippen molar-refractivity contribution in [2.75, 3.05) is 6.54 Å². The molecule has 1 aliphatic carbocycles. The number of hydrogen-bond donors (Lipinski definition) is 3. The number of carboxylic acid groups (broad SMARTS) is 1. The predicted octanol–water partition coefficient (Wildman–Crippen LogP) is 2.37. The Morgan fingerprint density at radius 1 is 1.26 bits per heavy atom. The minimum atomic E-state index is -1.00. The average Bonchev–Trinajstić information content (AvgIpc) is 2.69. The standard InChI is InChI=1S/C14H26N2O3/c1-13(2,3)10(11(17)18)16-12(19)15-9-14(4)7-5-6-8-14/h10H,5-9H2,1-4H3,(H,17,18)(H2,15,16,19). The minimum Gasteiger partial charge on any atom is -0.480 e. The van der Waals surface area contributed by atoms with Gasteiger partial charge in [-0.25, -0.2) is 9.59 Å². The summed E-state index contributed by atoms with van der Waals surface area (Å²) in [6.45, 7) is 8.16. The Morgan fingerprint density at radius 2 is 1.79 bits per heavy atom. The highest BCUT2D eigenvalue weighted by molar-refractivity contribution is 5.83. The molecule has 5 nitrogen and oxygen atoms in total. The summed E-state index contributed by atoms with van der Waals surface area (Å²) in [6.07, 6.45) is 4.66. The molecule has 0 heterocycles. The Balaban J connectivity index is 2.47. The largest absolute Gasteiger partial charge is 0.480 e. The minimum absolute atomic E-state index is 0.164. The molecule has 0 aromatic heterocycles. The summed E-state index contributed by atoms with van der Waals surface area (Å²) in [5, 5.41) is 14.5. The zero-order chi connectivity index (χ0) is 14.7. The third-order valence-corrected chi connectivity index (χ3v) is 3.87. The van der Waals surface area contributed by atoms with Crippen molar-refractivity contribution in [3.05, 3.63) is 0 Å². The SMILES string of the molecule is CC1(CNC(=O)NC(C(=O)O)C(C)(C)C)CCCC1. The number of aliphatic carboxylic acids is 1. The third kappa shape index (κ3) is 4.73. The highest BCUT2D eigenvalue weighted by atomic mass is 16.4. The molecule has 1 saturated carbocycles. The van der Waals surface area contributed by atoms with Crippen LogP contribution in [-0.4, -0.2) is 29.7 Å². The van der Waals surface area contributed by atoms with Gasteiger partial charge >= 0.3 is 12.0 Å². The summed E-state index contributed by atoms with van der Waals surface area (Å²) in [5.41, 5.74) is -0.349. The van der Waals surface area contributed by atoms with Gasteiger partial charge in [0, 0.05) is 6.54 Å². The molecule has 5 heteroatoms. The van der Waals surface area contributed by atoms with Crippen LogP contribution in [0.5, 0.6) is 0 Å². The summed E-state index contributed by atoms with van der Waals surface area (Å²) < 4.78 is 0. The van der Waals surface area contributed by atoms with Crippen molar-refractivity contribution < 1.29 is 14.7 Å². The van der Waals surface area contributed by atoms with Gasteiger partial charge in [0.05, 0.1) is 0 Å². The van der Waals surface area contributed by atoms with Crippen molar-refractivity contribution in [3.8, 4) is 0 Å². The lowest BCUT2D eigenvalue weighted by Crippen LogP contribution is -2.53. The first-order chi connectivity index (χ1) is 8.64. The second-order valence-corrected chi connectivity index (χ2v) is 6.98. The van der Waals surface area contributed by atoms with Gasteiger partial charge in [-0.3, -0.25) is 0 Å². The molecule has 0 saturated heterocycles. The maximum Gasteiger partial charge on any atom is 0.326 e. The van der Waals surface area contributed by atoms with Crippen molar-refractivity contribution >= 4 is 12.0 Å². The molecule has 0 aromatic carbocycles. The van der Waals surface area contributed by atoms with Gasteiger partial charge in [-0.15, -0.1) is 0 Å². The Morgan fingerprint density at radius 3 is 2.21 bits per heavy atom. The van der Waals surface area contributed by atoms with E-state index < -0.39 is 23.5 Å². The number of carboxylic acids is 1. The van der Waals surface area contributed by atoms with E-state index in [1.54, 1.807) is 20.8 Å². The molecule has 0 aromatic rings. The number of carbonyl (C=O) groups excluding carboxylic acids is 1. The molecule has 0 bridgehead atoms. The average molecular weight is 270 g/mol. The molecule has 1 aliphatic rings. The van der Waals surface area contributed by atoms with Crippen molar-refractivity contribution in [1.29, 1.82) is 0 Å². The van der Waals surface area contributed by atoms with Crippen LogP contribution in [0.15, 0.2) is 0 Å². The van der Waals surface area contributed by atoms with Gasteiger partial charge in [0.2, 0.25) is 0 Å². The quantitative estimate of drug-likeness (QED) is 0.733. The molecule has 1 unspecified atom stereocenters. The smallest absolute Gasteiger partial charge is 0.326 e. The first-order valence-electron chi connectivity index (χ1n) is 6.91. The van der Waals surface area contributed by atoms with E-state index in [1.165, 1.54) is 12.8 Å². The van der Waals surface area contributed by atoms with E-state index in [1.807, 2.05) is 0 Å². The zero-order valence-electron chi connectivity index (χ0n) is 12.4. The fourth-order valence-electron chi connectivity index (χ4n) is 2.53. The molecule has 110 valence electrons. The molecular formula is C14H26N2O3. The van der Waals surface area contributed by atoms with Gasteiger partial charge in [0.1, 0.15) is 6.04 Å². The lowest BCUT2D eigenvalue weighted by atomic mass is 9.87. The maximum absolute atomic E-state index is 11.8. The van der Waals surface area contributed by atoms with Crippen molar-refractivity contribution in [1.82, 2.24) is 10.6 Å². The molecule has 2 amide bonds. The summed E-state index contributed by atoms with van der Waals surface area (Å²) in [5.74, 6) is -1.00. The third-order valence-electron chi connectivity index (χ3n) is 3.87. The monoisotopic (exact) mass is 270 g/mol. The number of urea groups is 1. The van der Waals surface area contributed by atoms with Crippen LogP contribution in [0.2, 0.25) is 0 Å². The number of hydrogen-bond acceptors (Lipinski definition) is 2. The van der Waals surface area contributed by atoms with E-state index in [2.05, 4.69) is 17.6 Å². The predicted molar refractivity (Wildman–Crippen MR) is 74.0 cm³/mol. The van der Waals surface area contributed by atoms with Gasteiger partial charge in [-0.05, 0) is 23.7 Å². The van der Waals surface area contributed by atoms with Crippen LogP contribution < -0.4 is 10.6 Å². The molecular weight excluding hydrogens is 244 g/mol. The lowest BCUT2D eigenvalue weighted by molar-refractivity contribution is -0.141. The molecule has 1 rings (SSSR count). The summed E-state index contributed by atoms with van der Waals surface area (Å²) >= 11 is 0. The summed E-state index contributed by atoms with van der Waals surface area (Å²) in [4.78, 5) is 23.0. The highest BCUT2D eigenvalue weighted by Gasteiger charge is 2.33. The second-order valence-electron chi connectivity index (χ2n) is 6.98. The van der Waals surface area contributed by atoms with Crippen molar-refractivity contribution in [3.63, 3.8) is 0 Å². The molecule has 19 heavy (non-hydrogen) atoms. The Labute approximate surface area is 115 Å². The van der Waals surface area contributed by atoms with Crippen LogP contribution in [0.1, 0.15) is 53.4 Å². The van der Waals surface area contributed by atoms with Crippen molar-refractivity contribution in [2.45, 2.75) is 59.4 Å². The van der Waals surface area contributed by atoms with Gasteiger partial charge < -0.3 is 15.7 Å². The number of nitrogens with one attached hydrogen (secondary N) is 2. The maximum atomic E-state index is 11.8. The van der Waals surface area contributed by atoms with E-state index >= 15 is 0 Å². The van der Waals surface area contributed by atoms with E-state index in [0.717, 1.165) is 12.8 Å². The zero-order valence-corrected chi connectivity index (χ0v) is 12.4. The molecule has 0 radical (unpaired) electrons. The van der Waals surface area contributed by atoms with Crippen LogP contribution in [0.3, 0.4) is 0 Å². The van der Waals surface area contributed by atoms with Crippen LogP contribution in [-0.2, 0) is 4.79 Å². The molecule has 3 N–H and O–H groups in total. The van der Waals surface area contributed by atoms with E-state index in [-0.39, 0.29) is 5.41 Å². The summed E-state index contributed by atoms with van der Waals surface area (Å²) in [6, 6.07) is -1.28. The Hall–Kier alpha value is -1.26. The second kappa shape index (κ2) is 5.80. The molecule has 1 atom stereocenters. The fourth-order valence-corrected chi connectivity index (χ4v) is 2.53. The van der Waals surface area contributed by atoms with Gasteiger partial charge in [-0.1, -0.05) is 40.5 Å².